The molecule has 186 valence electrons. The number of carbonyl (C=O) groups excluding carboxylic acids is 1. The number of nitrogens with one attached hydrogen (secondary N) is 1. The first-order chi connectivity index (χ1) is 16.7. The maximum absolute atomic E-state index is 15.0. The van der Waals surface area contributed by atoms with Crippen LogP contribution in [0.4, 0.5) is 9.52 Å². The van der Waals surface area contributed by atoms with E-state index >= 15 is 4.39 Å². The highest BCUT2D eigenvalue weighted by atomic mass is 32.2. The van der Waals surface area contributed by atoms with Gasteiger partial charge in [0.15, 0.2) is 5.13 Å². The zero-order valence-corrected chi connectivity index (χ0v) is 21.2. The van der Waals surface area contributed by atoms with E-state index in [1.54, 1.807) is 18.5 Å². The molecule has 1 aliphatic carbocycles. The quantitative estimate of drug-likeness (QED) is 0.425. The fraction of sp³-hybridized carbons (Fsp3) is 0.391. The summed E-state index contributed by atoms with van der Waals surface area (Å²) < 4.78 is 47.3. The molecule has 3 aromatic rings. The summed E-state index contributed by atoms with van der Waals surface area (Å²) in [6, 6.07) is 3.82. The lowest BCUT2D eigenvalue weighted by atomic mass is 10.1. The van der Waals surface area contributed by atoms with Crippen molar-refractivity contribution in [3.05, 3.63) is 53.0 Å². The van der Waals surface area contributed by atoms with Gasteiger partial charge in [0.2, 0.25) is 15.9 Å². The SMILES string of the molecule is CCOc1cncc(-c2ccc(C(=O)N(C)C(CC)c3csc(NS(=O)(=O)C4CC4)n3)c(F)c2)n1. The summed E-state index contributed by atoms with van der Waals surface area (Å²) in [4.78, 5) is 27.3. The molecular formula is C23H26FN5O4S2. The van der Waals surface area contributed by atoms with E-state index in [1.165, 1.54) is 29.4 Å². The van der Waals surface area contributed by atoms with E-state index in [0.29, 0.717) is 48.7 Å². The van der Waals surface area contributed by atoms with E-state index in [2.05, 4.69) is 19.7 Å². The molecule has 0 radical (unpaired) electrons. The number of carbonyl (C=O) groups is 1. The van der Waals surface area contributed by atoms with Crippen LogP contribution in [0.25, 0.3) is 11.3 Å². The number of rotatable bonds is 10. The Morgan fingerprint density at radius 3 is 2.71 bits per heavy atom. The molecule has 0 spiro atoms. The molecule has 1 unspecified atom stereocenters. The minimum Gasteiger partial charge on any atom is -0.477 e. The Morgan fingerprint density at radius 1 is 1.29 bits per heavy atom. The third kappa shape index (κ3) is 5.59. The Morgan fingerprint density at radius 2 is 2.06 bits per heavy atom. The fourth-order valence-corrected chi connectivity index (χ4v) is 5.99. The summed E-state index contributed by atoms with van der Waals surface area (Å²) in [5, 5.41) is 1.61. The van der Waals surface area contributed by atoms with Crippen LogP contribution in [0.3, 0.4) is 0 Å². The molecule has 1 saturated carbocycles. The molecule has 1 aliphatic rings. The van der Waals surface area contributed by atoms with Crippen molar-refractivity contribution in [3.8, 4) is 17.1 Å². The van der Waals surface area contributed by atoms with Gasteiger partial charge in [-0.25, -0.2) is 22.8 Å². The molecule has 1 N–H and O–H groups in total. The summed E-state index contributed by atoms with van der Waals surface area (Å²) in [7, 11) is -1.85. The van der Waals surface area contributed by atoms with Gasteiger partial charge in [-0.3, -0.25) is 14.5 Å². The zero-order valence-electron chi connectivity index (χ0n) is 19.6. The highest BCUT2D eigenvalue weighted by Crippen LogP contribution is 2.33. The second-order valence-corrected chi connectivity index (χ2v) is 11.0. The molecule has 4 rings (SSSR count). The molecule has 0 aliphatic heterocycles. The van der Waals surface area contributed by atoms with Gasteiger partial charge in [-0.2, -0.15) is 0 Å². The van der Waals surface area contributed by atoms with Gasteiger partial charge in [-0.05, 0) is 38.3 Å². The average molecular weight is 520 g/mol. The number of nitrogens with zero attached hydrogens (tertiary/aromatic N) is 4. The van der Waals surface area contributed by atoms with Crippen molar-refractivity contribution in [2.75, 3.05) is 18.4 Å². The van der Waals surface area contributed by atoms with Gasteiger partial charge in [0, 0.05) is 18.0 Å². The van der Waals surface area contributed by atoms with Crippen LogP contribution in [-0.2, 0) is 10.0 Å². The molecule has 1 fully saturated rings. The normalized spacial score (nSPS) is 14.4. The van der Waals surface area contributed by atoms with E-state index in [-0.39, 0.29) is 15.9 Å². The van der Waals surface area contributed by atoms with Crippen LogP contribution >= 0.6 is 11.3 Å². The van der Waals surface area contributed by atoms with Crippen molar-refractivity contribution in [1.82, 2.24) is 19.9 Å². The molecule has 2 aromatic heterocycles. The lowest BCUT2D eigenvalue weighted by molar-refractivity contribution is 0.0718. The summed E-state index contributed by atoms with van der Waals surface area (Å²) >= 11 is 1.16. The van der Waals surface area contributed by atoms with Crippen molar-refractivity contribution in [2.45, 2.75) is 44.4 Å². The van der Waals surface area contributed by atoms with Crippen LogP contribution in [-0.4, -0.2) is 53.1 Å². The molecule has 12 heteroatoms. The molecule has 9 nitrogen and oxygen atoms in total. The van der Waals surface area contributed by atoms with Crippen molar-refractivity contribution >= 4 is 32.4 Å². The van der Waals surface area contributed by atoms with Crippen LogP contribution in [0.1, 0.15) is 55.2 Å². The van der Waals surface area contributed by atoms with Crippen LogP contribution in [0.5, 0.6) is 5.88 Å². The van der Waals surface area contributed by atoms with Gasteiger partial charge in [-0.1, -0.05) is 13.0 Å². The second kappa shape index (κ2) is 10.2. The second-order valence-electron chi connectivity index (χ2n) is 8.13. The Balaban J connectivity index is 1.51. The van der Waals surface area contributed by atoms with Crippen LogP contribution in [0.15, 0.2) is 36.0 Å². The lowest BCUT2D eigenvalue weighted by Gasteiger charge is -2.26. The summed E-state index contributed by atoms with van der Waals surface area (Å²) in [6.45, 7) is 4.14. The number of hydrogen-bond donors (Lipinski definition) is 1. The number of amides is 1. The minimum atomic E-state index is -3.43. The van der Waals surface area contributed by atoms with Crippen molar-refractivity contribution < 1.29 is 22.3 Å². The van der Waals surface area contributed by atoms with E-state index in [4.69, 9.17) is 4.74 Å². The molecule has 0 bridgehead atoms. The van der Waals surface area contributed by atoms with Crippen LogP contribution < -0.4 is 9.46 Å². The van der Waals surface area contributed by atoms with Crippen LogP contribution in [0.2, 0.25) is 0 Å². The van der Waals surface area contributed by atoms with Crippen molar-refractivity contribution in [1.29, 1.82) is 0 Å². The molecule has 1 amide bonds. The highest BCUT2D eigenvalue weighted by Gasteiger charge is 2.36. The zero-order chi connectivity index (χ0) is 25.2. The van der Waals surface area contributed by atoms with E-state index in [0.717, 1.165) is 11.3 Å². The smallest absolute Gasteiger partial charge is 0.257 e. The monoisotopic (exact) mass is 519 g/mol. The summed E-state index contributed by atoms with van der Waals surface area (Å²) in [5.74, 6) is -0.865. The van der Waals surface area contributed by atoms with Gasteiger partial charge >= 0.3 is 0 Å². The standard InChI is InChI=1S/C23H26FN5O4S2/c1-4-20(19-13-34-23(27-19)28-35(31,32)15-7-8-15)29(3)22(30)16-9-6-14(10-17(16)24)18-11-25-12-21(26-18)33-5-2/h6,9-13,15,20H,4-5,7-8H2,1-3H3,(H,27,28). The molecule has 0 saturated heterocycles. The maximum Gasteiger partial charge on any atom is 0.257 e. The number of aromatic nitrogens is 3. The average Bonchev–Trinajstić information content (AvgIpc) is 3.61. The number of ether oxygens (including phenoxy) is 1. The Bertz CT molecular complexity index is 1330. The number of sulfonamides is 1. The summed E-state index contributed by atoms with van der Waals surface area (Å²) in [6.07, 6.45) is 4.78. The molecule has 1 atom stereocenters. The third-order valence-electron chi connectivity index (χ3n) is 5.63. The van der Waals surface area contributed by atoms with E-state index in [1.807, 2.05) is 13.8 Å². The Kier molecular flexibility index (Phi) is 7.31. The number of anilines is 1. The number of hydrogen-bond acceptors (Lipinski definition) is 8. The predicted molar refractivity (Wildman–Crippen MR) is 131 cm³/mol. The number of halogens is 1. The largest absolute Gasteiger partial charge is 0.477 e. The molecule has 2 heterocycles. The van der Waals surface area contributed by atoms with Gasteiger partial charge < -0.3 is 9.64 Å². The Hall–Kier alpha value is -3.12. The Labute approximate surface area is 207 Å². The van der Waals surface area contributed by atoms with E-state index < -0.39 is 27.8 Å². The maximum atomic E-state index is 15.0. The molecule has 1 aromatic carbocycles. The first-order valence-electron chi connectivity index (χ1n) is 11.2. The number of benzene rings is 1. The van der Waals surface area contributed by atoms with Gasteiger partial charge in [0.25, 0.3) is 5.91 Å². The first-order valence-corrected chi connectivity index (χ1v) is 13.6. The fourth-order valence-electron chi connectivity index (χ4n) is 3.63. The predicted octanol–water partition coefficient (Wildman–Crippen LogP) is 4.27. The molecular weight excluding hydrogens is 493 g/mol. The van der Waals surface area contributed by atoms with Gasteiger partial charge in [-0.15, -0.1) is 11.3 Å². The van der Waals surface area contributed by atoms with Crippen LogP contribution in [0, 0.1) is 5.82 Å². The van der Waals surface area contributed by atoms with Gasteiger partial charge in [0.05, 0.1) is 47.2 Å². The van der Waals surface area contributed by atoms with Crippen molar-refractivity contribution in [2.24, 2.45) is 0 Å². The van der Waals surface area contributed by atoms with E-state index in [9.17, 15) is 13.2 Å². The van der Waals surface area contributed by atoms with Gasteiger partial charge in [0.1, 0.15) is 5.82 Å². The topological polar surface area (TPSA) is 114 Å². The molecule has 35 heavy (non-hydrogen) atoms. The third-order valence-corrected chi connectivity index (χ3v) is 8.36. The van der Waals surface area contributed by atoms with Crippen molar-refractivity contribution in [3.63, 3.8) is 0 Å². The highest BCUT2D eigenvalue weighted by molar-refractivity contribution is 7.93. The summed E-state index contributed by atoms with van der Waals surface area (Å²) in [5.41, 5.74) is 1.35. The minimum absolute atomic E-state index is 0.0893. The first kappa shape index (κ1) is 25.0. The number of thiazole rings is 1. The lowest BCUT2D eigenvalue weighted by Crippen LogP contribution is -2.31.